The van der Waals surface area contributed by atoms with Gasteiger partial charge in [0.05, 0.1) is 31.5 Å². The van der Waals surface area contributed by atoms with Gasteiger partial charge >= 0.3 is 0 Å². The summed E-state index contributed by atoms with van der Waals surface area (Å²) in [7, 11) is 3.64. The van der Waals surface area contributed by atoms with E-state index in [1.54, 1.807) is 7.11 Å². The standard InChI is InChI=1S/C17H27NO3/c1-12-8-16(9-13(2)20-12)21-17(11-18-3)14-6-5-7-15(10-14)19-4/h5-7,10,12-13,16-18H,8-9,11H2,1-4H3. The predicted molar refractivity (Wildman–Crippen MR) is 83.8 cm³/mol. The molecule has 1 saturated heterocycles. The van der Waals surface area contributed by atoms with Crippen molar-refractivity contribution >= 4 is 0 Å². The molecule has 1 aliphatic rings. The minimum absolute atomic E-state index is 0.0348. The maximum absolute atomic E-state index is 6.36. The van der Waals surface area contributed by atoms with E-state index >= 15 is 0 Å². The fourth-order valence-corrected chi connectivity index (χ4v) is 2.96. The van der Waals surface area contributed by atoms with Gasteiger partial charge in [-0.2, -0.15) is 0 Å². The summed E-state index contributed by atoms with van der Waals surface area (Å²) >= 11 is 0. The lowest BCUT2D eigenvalue weighted by Gasteiger charge is -2.34. The Labute approximate surface area is 127 Å². The number of methoxy groups -OCH3 is 1. The third-order valence-corrected chi connectivity index (χ3v) is 3.87. The van der Waals surface area contributed by atoms with E-state index in [1.807, 2.05) is 25.2 Å². The highest BCUT2D eigenvalue weighted by Gasteiger charge is 2.27. The molecular weight excluding hydrogens is 266 g/mol. The van der Waals surface area contributed by atoms with Crippen LogP contribution in [0.25, 0.3) is 0 Å². The summed E-state index contributed by atoms with van der Waals surface area (Å²) in [5.74, 6) is 0.867. The van der Waals surface area contributed by atoms with Crippen molar-refractivity contribution in [2.45, 2.75) is 51.1 Å². The van der Waals surface area contributed by atoms with Crippen molar-refractivity contribution in [1.29, 1.82) is 0 Å². The first-order valence-corrected chi connectivity index (χ1v) is 7.71. The van der Waals surface area contributed by atoms with Crippen LogP contribution in [-0.4, -0.2) is 39.0 Å². The van der Waals surface area contributed by atoms with E-state index in [0.29, 0.717) is 0 Å². The van der Waals surface area contributed by atoms with Gasteiger partial charge in [-0.25, -0.2) is 0 Å². The fourth-order valence-electron chi connectivity index (χ4n) is 2.96. The van der Waals surface area contributed by atoms with Gasteiger partial charge in [0.2, 0.25) is 0 Å². The molecule has 1 heterocycles. The molecule has 1 fully saturated rings. The monoisotopic (exact) mass is 293 g/mol. The predicted octanol–water partition coefficient (Wildman–Crippen LogP) is 2.93. The summed E-state index contributed by atoms with van der Waals surface area (Å²) in [6.45, 7) is 5.02. The first-order chi connectivity index (χ1) is 10.1. The van der Waals surface area contributed by atoms with Gasteiger partial charge in [0, 0.05) is 6.54 Å². The SMILES string of the molecule is CNCC(OC1CC(C)OC(C)C1)c1cccc(OC)c1. The fraction of sp³-hybridized carbons (Fsp3) is 0.647. The van der Waals surface area contributed by atoms with Gasteiger partial charge in [-0.1, -0.05) is 12.1 Å². The van der Waals surface area contributed by atoms with Crippen molar-refractivity contribution in [1.82, 2.24) is 5.32 Å². The maximum Gasteiger partial charge on any atom is 0.119 e. The maximum atomic E-state index is 6.36. The summed E-state index contributed by atoms with van der Waals surface area (Å²) in [5, 5.41) is 3.22. The van der Waals surface area contributed by atoms with Crippen molar-refractivity contribution in [3.8, 4) is 5.75 Å². The Morgan fingerprint density at radius 1 is 1.29 bits per heavy atom. The molecule has 3 unspecified atom stereocenters. The van der Waals surface area contributed by atoms with E-state index in [-0.39, 0.29) is 24.4 Å². The number of ether oxygens (including phenoxy) is 3. The van der Waals surface area contributed by atoms with Crippen LogP contribution in [0.15, 0.2) is 24.3 Å². The second-order valence-corrected chi connectivity index (χ2v) is 5.81. The average Bonchev–Trinajstić information content (AvgIpc) is 2.46. The number of likely N-dealkylation sites (N-methyl/N-ethyl adjacent to an activating group) is 1. The highest BCUT2D eigenvalue weighted by atomic mass is 16.5. The lowest BCUT2D eigenvalue weighted by atomic mass is 10.0. The second-order valence-electron chi connectivity index (χ2n) is 5.81. The zero-order chi connectivity index (χ0) is 15.2. The Bertz CT molecular complexity index is 428. The normalized spacial score (nSPS) is 27.3. The molecule has 1 aromatic carbocycles. The highest BCUT2D eigenvalue weighted by molar-refractivity contribution is 5.30. The summed E-state index contributed by atoms with van der Waals surface area (Å²) in [6.07, 6.45) is 2.71. The Hall–Kier alpha value is -1.10. The summed E-state index contributed by atoms with van der Waals surface area (Å²) in [4.78, 5) is 0. The molecule has 4 heteroatoms. The molecule has 0 saturated carbocycles. The number of hydrogen-bond acceptors (Lipinski definition) is 4. The quantitative estimate of drug-likeness (QED) is 0.875. The largest absolute Gasteiger partial charge is 0.497 e. The highest BCUT2D eigenvalue weighted by Crippen LogP contribution is 2.28. The Balaban J connectivity index is 2.07. The molecule has 0 amide bonds. The molecular formula is C17H27NO3. The lowest BCUT2D eigenvalue weighted by molar-refractivity contribution is -0.121. The molecule has 0 spiro atoms. The molecule has 21 heavy (non-hydrogen) atoms. The van der Waals surface area contributed by atoms with Crippen LogP contribution in [0.4, 0.5) is 0 Å². The van der Waals surface area contributed by atoms with Gasteiger partial charge in [0.1, 0.15) is 5.75 Å². The topological polar surface area (TPSA) is 39.7 Å². The summed E-state index contributed by atoms with van der Waals surface area (Å²) in [6, 6.07) is 8.11. The summed E-state index contributed by atoms with van der Waals surface area (Å²) in [5.41, 5.74) is 1.15. The van der Waals surface area contributed by atoms with Gasteiger partial charge in [0.15, 0.2) is 0 Å². The van der Waals surface area contributed by atoms with Crippen LogP contribution in [0.5, 0.6) is 5.75 Å². The molecule has 1 aromatic rings. The number of rotatable bonds is 6. The molecule has 0 aliphatic carbocycles. The minimum atomic E-state index is 0.0348. The van der Waals surface area contributed by atoms with Gasteiger partial charge in [0.25, 0.3) is 0 Å². The molecule has 3 atom stereocenters. The number of nitrogens with one attached hydrogen (secondary N) is 1. The van der Waals surface area contributed by atoms with Crippen molar-refractivity contribution in [3.05, 3.63) is 29.8 Å². The third-order valence-electron chi connectivity index (χ3n) is 3.87. The van der Waals surface area contributed by atoms with Crippen molar-refractivity contribution in [2.75, 3.05) is 20.7 Å². The van der Waals surface area contributed by atoms with E-state index in [1.165, 1.54) is 0 Å². The second kappa shape index (κ2) is 7.78. The van der Waals surface area contributed by atoms with E-state index in [2.05, 4.69) is 25.2 Å². The molecule has 0 bridgehead atoms. The first-order valence-electron chi connectivity index (χ1n) is 7.71. The van der Waals surface area contributed by atoms with Crippen LogP contribution in [0.2, 0.25) is 0 Å². The van der Waals surface area contributed by atoms with E-state index in [9.17, 15) is 0 Å². The van der Waals surface area contributed by atoms with Crippen molar-refractivity contribution in [3.63, 3.8) is 0 Å². The molecule has 118 valence electrons. The molecule has 1 aliphatic heterocycles. The Morgan fingerprint density at radius 2 is 2.00 bits per heavy atom. The zero-order valence-electron chi connectivity index (χ0n) is 13.5. The first kappa shape index (κ1) is 16.3. The van der Waals surface area contributed by atoms with Crippen LogP contribution in [0, 0.1) is 0 Å². The Kier molecular flexibility index (Phi) is 6.03. The summed E-state index contributed by atoms with van der Waals surface area (Å²) < 4.78 is 17.5. The molecule has 1 N–H and O–H groups in total. The average molecular weight is 293 g/mol. The van der Waals surface area contributed by atoms with Crippen LogP contribution in [0.1, 0.15) is 38.4 Å². The van der Waals surface area contributed by atoms with Gasteiger partial charge in [-0.15, -0.1) is 0 Å². The van der Waals surface area contributed by atoms with Gasteiger partial charge in [-0.05, 0) is 51.4 Å². The Morgan fingerprint density at radius 3 is 2.62 bits per heavy atom. The molecule has 4 nitrogen and oxygen atoms in total. The van der Waals surface area contributed by atoms with Gasteiger partial charge in [-0.3, -0.25) is 0 Å². The zero-order valence-corrected chi connectivity index (χ0v) is 13.5. The van der Waals surface area contributed by atoms with Crippen molar-refractivity contribution in [2.24, 2.45) is 0 Å². The molecule has 0 radical (unpaired) electrons. The number of hydrogen-bond donors (Lipinski definition) is 1. The lowest BCUT2D eigenvalue weighted by Crippen LogP contribution is -2.36. The number of benzene rings is 1. The van der Waals surface area contributed by atoms with Crippen LogP contribution in [0.3, 0.4) is 0 Å². The van der Waals surface area contributed by atoms with Crippen LogP contribution in [-0.2, 0) is 9.47 Å². The molecule has 2 rings (SSSR count). The van der Waals surface area contributed by atoms with Gasteiger partial charge < -0.3 is 19.5 Å². The molecule has 0 aromatic heterocycles. The van der Waals surface area contributed by atoms with E-state index in [4.69, 9.17) is 14.2 Å². The smallest absolute Gasteiger partial charge is 0.119 e. The van der Waals surface area contributed by atoms with Crippen LogP contribution < -0.4 is 10.1 Å². The van der Waals surface area contributed by atoms with E-state index in [0.717, 1.165) is 30.7 Å². The van der Waals surface area contributed by atoms with E-state index < -0.39 is 0 Å². The van der Waals surface area contributed by atoms with Crippen molar-refractivity contribution < 1.29 is 14.2 Å². The minimum Gasteiger partial charge on any atom is -0.497 e. The van der Waals surface area contributed by atoms with Crippen LogP contribution >= 0.6 is 0 Å². The third kappa shape index (κ3) is 4.70.